The summed E-state index contributed by atoms with van der Waals surface area (Å²) < 4.78 is 18.2. The minimum atomic E-state index is -0.915. The Kier molecular flexibility index (Phi) is 4.45. The molecule has 0 amide bonds. The maximum absolute atomic E-state index is 13.4. The molecule has 0 saturated heterocycles. The molecule has 0 spiro atoms. The van der Waals surface area contributed by atoms with Gasteiger partial charge in [-0.1, -0.05) is 13.0 Å². The number of aliphatic carboxylic acids is 1. The molecule has 3 N–H and O–H groups in total. The van der Waals surface area contributed by atoms with Crippen LogP contribution in [0.5, 0.6) is 5.75 Å². The van der Waals surface area contributed by atoms with Crippen molar-refractivity contribution in [2.45, 2.75) is 19.4 Å². The third-order valence-electron chi connectivity index (χ3n) is 2.67. The Bertz CT molecular complexity index is 409. The molecule has 0 aliphatic heterocycles. The lowest BCUT2D eigenvalue weighted by Gasteiger charge is -2.19. The smallest absolute Gasteiger partial charge is 0.303 e. The number of carboxylic acids is 1. The molecule has 0 aliphatic rings. The second-order valence-electron chi connectivity index (χ2n) is 3.99. The number of nitrogens with two attached hydrogens (primary N) is 1. The van der Waals surface area contributed by atoms with Gasteiger partial charge in [-0.05, 0) is 23.6 Å². The van der Waals surface area contributed by atoms with Crippen LogP contribution in [0, 0.1) is 11.7 Å². The molecule has 0 bridgehead atoms. The summed E-state index contributed by atoms with van der Waals surface area (Å²) in [5.74, 6) is -1.53. The molecule has 1 rings (SSSR count). The van der Waals surface area contributed by atoms with E-state index in [-0.39, 0.29) is 18.1 Å². The lowest BCUT2D eigenvalue weighted by atomic mass is 9.92. The molecule has 0 aromatic heterocycles. The number of ether oxygens (including phenoxy) is 1. The van der Waals surface area contributed by atoms with Crippen molar-refractivity contribution in [2.24, 2.45) is 11.7 Å². The van der Waals surface area contributed by atoms with Crippen LogP contribution in [-0.4, -0.2) is 18.2 Å². The first-order chi connectivity index (χ1) is 7.95. The number of hydrogen-bond donors (Lipinski definition) is 2. The fourth-order valence-corrected chi connectivity index (χ4v) is 1.62. The molecule has 1 aromatic rings. The molecule has 0 saturated carbocycles. The fraction of sp³-hybridized carbons (Fsp3) is 0.417. The average Bonchev–Trinajstić information content (AvgIpc) is 2.27. The molecule has 0 fully saturated rings. The molecule has 2 unspecified atom stereocenters. The lowest BCUT2D eigenvalue weighted by molar-refractivity contribution is -0.138. The number of methoxy groups -OCH3 is 1. The zero-order valence-corrected chi connectivity index (χ0v) is 9.81. The van der Waals surface area contributed by atoms with E-state index in [1.807, 2.05) is 0 Å². The topological polar surface area (TPSA) is 72.5 Å². The van der Waals surface area contributed by atoms with E-state index in [0.29, 0.717) is 5.56 Å². The maximum Gasteiger partial charge on any atom is 0.303 e. The largest absolute Gasteiger partial charge is 0.494 e. The van der Waals surface area contributed by atoms with Crippen LogP contribution in [0.3, 0.4) is 0 Å². The van der Waals surface area contributed by atoms with Crippen LogP contribution in [0.25, 0.3) is 0 Å². The van der Waals surface area contributed by atoms with Gasteiger partial charge in [0.25, 0.3) is 0 Å². The van der Waals surface area contributed by atoms with Gasteiger partial charge in [-0.2, -0.15) is 0 Å². The minimum absolute atomic E-state index is 0.0468. The average molecular weight is 241 g/mol. The first-order valence-corrected chi connectivity index (χ1v) is 5.26. The summed E-state index contributed by atoms with van der Waals surface area (Å²) in [6, 6.07) is 3.90. The van der Waals surface area contributed by atoms with E-state index < -0.39 is 17.8 Å². The Balaban J connectivity index is 2.85. The van der Waals surface area contributed by atoms with Gasteiger partial charge in [0.1, 0.15) is 0 Å². The second-order valence-corrected chi connectivity index (χ2v) is 3.99. The Morgan fingerprint density at radius 2 is 2.24 bits per heavy atom. The van der Waals surface area contributed by atoms with E-state index in [9.17, 15) is 9.18 Å². The molecule has 94 valence electrons. The number of carbonyl (C=O) groups is 1. The number of hydrogen-bond acceptors (Lipinski definition) is 3. The van der Waals surface area contributed by atoms with Gasteiger partial charge < -0.3 is 15.6 Å². The van der Waals surface area contributed by atoms with Gasteiger partial charge in [0, 0.05) is 12.5 Å². The highest BCUT2D eigenvalue weighted by atomic mass is 19.1. The number of rotatable bonds is 5. The van der Waals surface area contributed by atoms with Gasteiger partial charge in [0.15, 0.2) is 11.6 Å². The Hall–Kier alpha value is -1.62. The Morgan fingerprint density at radius 1 is 1.59 bits per heavy atom. The lowest BCUT2D eigenvalue weighted by Crippen LogP contribution is -2.21. The van der Waals surface area contributed by atoms with E-state index in [2.05, 4.69) is 0 Å². The van der Waals surface area contributed by atoms with Gasteiger partial charge in [-0.15, -0.1) is 0 Å². The van der Waals surface area contributed by atoms with Crippen molar-refractivity contribution in [2.75, 3.05) is 7.11 Å². The highest BCUT2D eigenvalue weighted by Crippen LogP contribution is 2.26. The van der Waals surface area contributed by atoms with Crippen LogP contribution in [-0.2, 0) is 4.79 Å². The second kappa shape index (κ2) is 5.63. The predicted molar refractivity (Wildman–Crippen MR) is 61.3 cm³/mol. The summed E-state index contributed by atoms with van der Waals surface area (Å²) >= 11 is 0. The maximum atomic E-state index is 13.4. The van der Waals surface area contributed by atoms with Crippen molar-refractivity contribution >= 4 is 5.97 Å². The van der Waals surface area contributed by atoms with Crippen LogP contribution in [0.1, 0.15) is 24.9 Å². The summed E-state index contributed by atoms with van der Waals surface area (Å²) in [4.78, 5) is 10.6. The van der Waals surface area contributed by atoms with E-state index in [4.69, 9.17) is 15.6 Å². The third kappa shape index (κ3) is 3.42. The zero-order valence-electron chi connectivity index (χ0n) is 9.81. The SMILES string of the molecule is COc1ccc(C(N)C(C)CC(=O)O)cc1F. The Morgan fingerprint density at radius 3 is 2.71 bits per heavy atom. The fourth-order valence-electron chi connectivity index (χ4n) is 1.62. The third-order valence-corrected chi connectivity index (χ3v) is 2.67. The molecule has 1 aromatic carbocycles. The van der Waals surface area contributed by atoms with Crippen LogP contribution in [0.2, 0.25) is 0 Å². The molecular formula is C12H16FNO3. The molecule has 2 atom stereocenters. The van der Waals surface area contributed by atoms with E-state index in [0.717, 1.165) is 0 Å². The molecule has 4 nitrogen and oxygen atoms in total. The molecule has 0 heterocycles. The quantitative estimate of drug-likeness (QED) is 0.826. The molecule has 0 radical (unpaired) electrons. The van der Waals surface area contributed by atoms with Gasteiger partial charge >= 0.3 is 5.97 Å². The van der Waals surface area contributed by atoms with Crippen LogP contribution < -0.4 is 10.5 Å². The van der Waals surface area contributed by atoms with Crippen LogP contribution in [0.15, 0.2) is 18.2 Å². The van der Waals surface area contributed by atoms with E-state index in [1.165, 1.54) is 19.2 Å². The normalized spacial score (nSPS) is 14.1. The van der Waals surface area contributed by atoms with Crippen molar-refractivity contribution < 1.29 is 19.0 Å². The van der Waals surface area contributed by atoms with Crippen molar-refractivity contribution in [1.82, 2.24) is 0 Å². The molecular weight excluding hydrogens is 225 g/mol. The molecule has 5 heteroatoms. The van der Waals surface area contributed by atoms with Crippen LogP contribution in [0.4, 0.5) is 4.39 Å². The molecule has 17 heavy (non-hydrogen) atoms. The molecule has 0 aliphatic carbocycles. The predicted octanol–water partition coefficient (Wildman–Crippen LogP) is 1.94. The van der Waals surface area contributed by atoms with Gasteiger partial charge in [0.2, 0.25) is 0 Å². The van der Waals surface area contributed by atoms with Gasteiger partial charge in [0.05, 0.1) is 7.11 Å². The first kappa shape index (κ1) is 13.4. The number of halogens is 1. The van der Waals surface area contributed by atoms with Gasteiger partial charge in [-0.25, -0.2) is 4.39 Å². The van der Waals surface area contributed by atoms with Crippen molar-refractivity contribution in [3.05, 3.63) is 29.6 Å². The standard InChI is InChI=1S/C12H16FNO3/c1-7(5-11(15)16)12(14)8-3-4-10(17-2)9(13)6-8/h3-4,6-7,12H,5,14H2,1-2H3,(H,15,16). The minimum Gasteiger partial charge on any atom is -0.494 e. The van der Waals surface area contributed by atoms with Crippen molar-refractivity contribution in [1.29, 1.82) is 0 Å². The van der Waals surface area contributed by atoms with Crippen molar-refractivity contribution in [3.63, 3.8) is 0 Å². The zero-order chi connectivity index (χ0) is 13.0. The highest BCUT2D eigenvalue weighted by Gasteiger charge is 2.19. The van der Waals surface area contributed by atoms with Gasteiger partial charge in [-0.3, -0.25) is 4.79 Å². The summed E-state index contributed by atoms with van der Waals surface area (Å²) in [5.41, 5.74) is 6.44. The number of carboxylic acid groups (broad SMARTS) is 1. The number of benzene rings is 1. The van der Waals surface area contributed by atoms with Crippen molar-refractivity contribution in [3.8, 4) is 5.75 Å². The first-order valence-electron chi connectivity index (χ1n) is 5.26. The van der Waals surface area contributed by atoms with E-state index >= 15 is 0 Å². The summed E-state index contributed by atoms with van der Waals surface area (Å²) in [6.45, 7) is 1.72. The summed E-state index contributed by atoms with van der Waals surface area (Å²) in [6.07, 6.45) is -0.0468. The van der Waals surface area contributed by atoms with Crippen LogP contribution >= 0.6 is 0 Å². The summed E-state index contributed by atoms with van der Waals surface area (Å²) in [7, 11) is 1.38. The monoisotopic (exact) mass is 241 g/mol. The summed E-state index contributed by atoms with van der Waals surface area (Å²) in [5, 5.41) is 8.67. The van der Waals surface area contributed by atoms with E-state index in [1.54, 1.807) is 13.0 Å². The Labute approximate surface area is 99.2 Å². The highest BCUT2D eigenvalue weighted by molar-refractivity contribution is 5.67.